The molecule has 0 aliphatic carbocycles. The quantitative estimate of drug-likeness (QED) is 0.820. The molecule has 1 rings (SSSR count). The Bertz CT molecular complexity index is 466. The van der Waals surface area contributed by atoms with Crippen LogP contribution in [0.4, 0.5) is 0 Å². The summed E-state index contributed by atoms with van der Waals surface area (Å²) in [6, 6.07) is 1.81. The molecule has 98 valence electrons. The van der Waals surface area contributed by atoms with E-state index in [1.165, 1.54) is 11.3 Å². The summed E-state index contributed by atoms with van der Waals surface area (Å²) in [6.45, 7) is 6.52. The number of hydrogen-bond donors (Lipinski definition) is 2. The normalized spacial score (nSPS) is 10.7. The average molecular weight is 264 g/mol. The second-order valence-corrected chi connectivity index (χ2v) is 5.70. The first-order chi connectivity index (χ1) is 8.48. The predicted octanol–water partition coefficient (Wildman–Crippen LogP) is 2.37. The highest BCUT2D eigenvalue weighted by Crippen LogP contribution is 2.16. The number of amides is 1. The van der Waals surface area contributed by atoms with Crippen molar-refractivity contribution in [2.24, 2.45) is 5.73 Å². The third-order valence-corrected chi connectivity index (χ3v) is 3.35. The Hall–Kier alpha value is -1.31. The Morgan fingerprint density at radius 3 is 2.89 bits per heavy atom. The molecule has 4 heteroatoms. The highest BCUT2D eigenvalue weighted by Gasteiger charge is 2.20. The minimum Gasteiger partial charge on any atom is -0.347 e. The summed E-state index contributed by atoms with van der Waals surface area (Å²) in [7, 11) is 0. The summed E-state index contributed by atoms with van der Waals surface area (Å²) >= 11 is 1.47. The molecule has 18 heavy (non-hydrogen) atoms. The van der Waals surface area contributed by atoms with E-state index in [4.69, 9.17) is 5.73 Å². The van der Waals surface area contributed by atoms with E-state index in [2.05, 4.69) is 24.1 Å². The smallest absolute Gasteiger partial charge is 0.252 e. The average Bonchev–Trinajstić information content (AvgIpc) is 2.74. The number of hydrogen-bond acceptors (Lipinski definition) is 3. The Balaban J connectivity index is 2.70. The molecule has 0 saturated carbocycles. The summed E-state index contributed by atoms with van der Waals surface area (Å²) in [4.78, 5) is 12.9. The SMILES string of the molecule is CCCC(C)(C)NC(=O)c1csc(C#CCN)c1. The largest absolute Gasteiger partial charge is 0.347 e. The van der Waals surface area contributed by atoms with Crippen LogP contribution in [0.25, 0.3) is 0 Å². The van der Waals surface area contributed by atoms with Crippen LogP contribution in [-0.2, 0) is 0 Å². The van der Waals surface area contributed by atoms with Gasteiger partial charge in [-0.15, -0.1) is 11.3 Å². The van der Waals surface area contributed by atoms with Crippen LogP contribution in [0.5, 0.6) is 0 Å². The van der Waals surface area contributed by atoms with Crippen molar-refractivity contribution >= 4 is 17.2 Å². The van der Waals surface area contributed by atoms with E-state index in [0.29, 0.717) is 12.1 Å². The molecule has 0 aliphatic rings. The summed E-state index contributed by atoms with van der Waals surface area (Å²) in [6.07, 6.45) is 2.01. The molecule has 0 radical (unpaired) electrons. The maximum atomic E-state index is 12.0. The summed E-state index contributed by atoms with van der Waals surface area (Å²) in [5, 5.41) is 4.87. The van der Waals surface area contributed by atoms with Gasteiger partial charge < -0.3 is 11.1 Å². The van der Waals surface area contributed by atoms with Gasteiger partial charge in [-0.05, 0) is 26.3 Å². The minimum absolute atomic E-state index is 0.0366. The lowest BCUT2D eigenvalue weighted by molar-refractivity contribution is 0.0909. The Morgan fingerprint density at radius 1 is 1.56 bits per heavy atom. The van der Waals surface area contributed by atoms with E-state index in [9.17, 15) is 4.79 Å². The predicted molar refractivity (Wildman–Crippen MR) is 76.7 cm³/mol. The first kappa shape index (κ1) is 14.7. The first-order valence-electron chi connectivity index (χ1n) is 6.08. The van der Waals surface area contributed by atoms with Crippen LogP contribution in [0.3, 0.4) is 0 Å². The van der Waals surface area contributed by atoms with Gasteiger partial charge in [-0.25, -0.2) is 0 Å². The minimum atomic E-state index is -0.170. The van der Waals surface area contributed by atoms with Crippen LogP contribution in [0.1, 0.15) is 48.8 Å². The van der Waals surface area contributed by atoms with Crippen molar-refractivity contribution in [1.82, 2.24) is 5.32 Å². The van der Waals surface area contributed by atoms with Crippen LogP contribution in [-0.4, -0.2) is 18.0 Å². The maximum absolute atomic E-state index is 12.0. The van der Waals surface area contributed by atoms with Crippen molar-refractivity contribution < 1.29 is 4.79 Å². The van der Waals surface area contributed by atoms with Crippen LogP contribution < -0.4 is 11.1 Å². The highest BCUT2D eigenvalue weighted by atomic mass is 32.1. The molecule has 1 aromatic heterocycles. The van der Waals surface area contributed by atoms with Gasteiger partial charge >= 0.3 is 0 Å². The molecule has 0 unspecified atom stereocenters. The van der Waals surface area contributed by atoms with E-state index < -0.39 is 0 Å². The second-order valence-electron chi connectivity index (χ2n) is 4.79. The molecule has 1 amide bonds. The van der Waals surface area contributed by atoms with Gasteiger partial charge in [-0.2, -0.15) is 0 Å². The van der Waals surface area contributed by atoms with E-state index in [1.54, 1.807) is 0 Å². The Labute approximate surface area is 113 Å². The summed E-state index contributed by atoms with van der Waals surface area (Å²) < 4.78 is 0. The third kappa shape index (κ3) is 4.52. The Morgan fingerprint density at radius 2 is 2.28 bits per heavy atom. The lowest BCUT2D eigenvalue weighted by Crippen LogP contribution is -2.43. The molecule has 1 aromatic rings. The van der Waals surface area contributed by atoms with Gasteiger partial charge in [-0.1, -0.05) is 25.2 Å². The molecule has 1 heterocycles. The monoisotopic (exact) mass is 264 g/mol. The summed E-state index contributed by atoms with van der Waals surface area (Å²) in [5.41, 5.74) is 5.81. The molecular weight excluding hydrogens is 244 g/mol. The van der Waals surface area contributed by atoms with Gasteiger partial charge in [0.25, 0.3) is 5.91 Å². The lowest BCUT2D eigenvalue weighted by atomic mass is 9.98. The van der Waals surface area contributed by atoms with Crippen molar-refractivity contribution in [3.05, 3.63) is 21.9 Å². The van der Waals surface area contributed by atoms with Gasteiger partial charge in [0, 0.05) is 10.9 Å². The van der Waals surface area contributed by atoms with Crippen LogP contribution >= 0.6 is 11.3 Å². The van der Waals surface area contributed by atoms with E-state index in [-0.39, 0.29) is 11.4 Å². The standard InChI is InChI=1S/C14H20N2OS/c1-4-7-14(2,3)16-13(17)11-9-12(18-10-11)6-5-8-15/h9-10H,4,7-8,15H2,1-3H3,(H,16,17). The summed E-state index contributed by atoms with van der Waals surface area (Å²) in [5.74, 6) is 5.68. The molecule has 0 saturated heterocycles. The molecule has 0 spiro atoms. The van der Waals surface area contributed by atoms with Gasteiger partial charge in [0.1, 0.15) is 0 Å². The first-order valence-corrected chi connectivity index (χ1v) is 6.96. The number of thiophene rings is 1. The van der Waals surface area contributed by atoms with Crippen LogP contribution in [0.2, 0.25) is 0 Å². The molecule has 0 bridgehead atoms. The van der Waals surface area contributed by atoms with E-state index in [1.807, 2.05) is 25.3 Å². The molecule has 3 N–H and O–H groups in total. The second kappa shape index (κ2) is 6.58. The molecule has 0 atom stereocenters. The number of nitrogens with one attached hydrogen (secondary N) is 1. The number of carbonyl (C=O) groups is 1. The molecule has 0 fully saturated rings. The van der Waals surface area contributed by atoms with Crippen molar-refractivity contribution in [3.8, 4) is 11.8 Å². The molecule has 3 nitrogen and oxygen atoms in total. The molecule has 0 aliphatic heterocycles. The van der Waals surface area contributed by atoms with Crippen LogP contribution in [0.15, 0.2) is 11.4 Å². The molecule has 0 aromatic carbocycles. The number of carbonyl (C=O) groups excluding carboxylic acids is 1. The van der Waals surface area contributed by atoms with Crippen molar-refractivity contribution in [2.45, 2.75) is 39.2 Å². The fourth-order valence-corrected chi connectivity index (χ4v) is 2.48. The van der Waals surface area contributed by atoms with Gasteiger partial charge in [0.15, 0.2) is 0 Å². The maximum Gasteiger partial charge on any atom is 0.252 e. The van der Waals surface area contributed by atoms with Gasteiger partial charge in [-0.3, -0.25) is 4.79 Å². The number of nitrogens with two attached hydrogens (primary N) is 1. The van der Waals surface area contributed by atoms with Crippen molar-refractivity contribution in [2.75, 3.05) is 6.54 Å². The number of rotatable bonds is 4. The fourth-order valence-electron chi connectivity index (χ4n) is 1.73. The van der Waals surface area contributed by atoms with E-state index in [0.717, 1.165) is 17.7 Å². The van der Waals surface area contributed by atoms with Crippen LogP contribution in [0, 0.1) is 11.8 Å². The third-order valence-electron chi connectivity index (χ3n) is 2.50. The lowest BCUT2D eigenvalue weighted by Gasteiger charge is -2.25. The molecular formula is C14H20N2OS. The van der Waals surface area contributed by atoms with Crippen molar-refractivity contribution in [3.63, 3.8) is 0 Å². The van der Waals surface area contributed by atoms with Gasteiger partial charge in [0.05, 0.1) is 17.0 Å². The fraction of sp³-hybridized carbons (Fsp3) is 0.500. The Kier molecular flexibility index (Phi) is 5.39. The highest BCUT2D eigenvalue weighted by molar-refractivity contribution is 7.10. The van der Waals surface area contributed by atoms with Crippen molar-refractivity contribution in [1.29, 1.82) is 0 Å². The zero-order valence-corrected chi connectivity index (χ0v) is 12.0. The van der Waals surface area contributed by atoms with Gasteiger partial charge in [0.2, 0.25) is 0 Å². The zero-order chi connectivity index (χ0) is 13.6. The zero-order valence-electron chi connectivity index (χ0n) is 11.2. The van der Waals surface area contributed by atoms with E-state index >= 15 is 0 Å². The topological polar surface area (TPSA) is 55.1 Å².